The predicted octanol–water partition coefficient (Wildman–Crippen LogP) is 3.71. The number of nitrogens with one attached hydrogen (secondary N) is 2. The number of hydrogen-bond donors (Lipinski definition) is 2. The van der Waals surface area contributed by atoms with Crippen LogP contribution in [0.15, 0.2) is 89.1 Å². The lowest BCUT2D eigenvalue weighted by Gasteiger charge is -2.06. The van der Waals surface area contributed by atoms with Crippen LogP contribution in [0.2, 0.25) is 5.02 Å². The van der Waals surface area contributed by atoms with Crippen molar-refractivity contribution in [3.63, 3.8) is 0 Å². The first-order valence-electron chi connectivity index (χ1n) is 10.1. The van der Waals surface area contributed by atoms with E-state index in [9.17, 15) is 9.90 Å². The minimum Gasteiger partial charge on any atom is -0.872 e. The lowest BCUT2D eigenvalue weighted by molar-refractivity contribution is -0.625. The van der Waals surface area contributed by atoms with Gasteiger partial charge in [-0.1, -0.05) is 54.1 Å². The minimum atomic E-state index is -0.268. The Labute approximate surface area is 200 Å². The number of thioether (sulfide) groups is 1. The van der Waals surface area contributed by atoms with E-state index in [1.807, 2.05) is 59.2 Å². The van der Waals surface area contributed by atoms with Gasteiger partial charge in [-0.15, -0.1) is 10.8 Å². The van der Waals surface area contributed by atoms with Crippen LogP contribution < -0.4 is 15.1 Å². The molecule has 0 aliphatic carbocycles. The topological polar surface area (TPSA) is 97.1 Å². The molecular weight excluding hydrogens is 458 g/mol. The second kappa shape index (κ2) is 10.3. The number of hydrogen-bond acceptors (Lipinski definition) is 5. The van der Waals surface area contributed by atoms with Crippen LogP contribution in [0.25, 0.3) is 17.1 Å². The number of carbonyl (C=O) groups is 1. The number of benzene rings is 3. The molecule has 7 nitrogen and oxygen atoms in total. The summed E-state index contributed by atoms with van der Waals surface area (Å²) in [6.45, 7) is 1.77. The molecule has 0 bridgehead atoms. The third-order valence-corrected chi connectivity index (χ3v) is 5.95. The molecule has 1 amide bonds. The number of aromatic nitrogens is 3. The average molecular weight is 478 g/mol. The summed E-state index contributed by atoms with van der Waals surface area (Å²) in [6, 6.07) is 23.5. The number of carbonyl (C=O) groups excluding carboxylic acids is 1. The summed E-state index contributed by atoms with van der Waals surface area (Å²) in [7, 11) is 0. The van der Waals surface area contributed by atoms with Crippen molar-refractivity contribution in [1.82, 2.24) is 15.6 Å². The number of rotatable bonds is 7. The largest absolute Gasteiger partial charge is 0.872 e. The number of para-hydroxylation sites is 1. The third kappa shape index (κ3) is 5.60. The molecule has 0 saturated heterocycles. The molecule has 9 heteroatoms. The van der Waals surface area contributed by atoms with Crippen LogP contribution in [-0.4, -0.2) is 27.6 Å². The van der Waals surface area contributed by atoms with Crippen LogP contribution in [0.1, 0.15) is 12.5 Å². The van der Waals surface area contributed by atoms with Gasteiger partial charge in [0.25, 0.3) is 11.7 Å². The van der Waals surface area contributed by atoms with Crippen molar-refractivity contribution >= 4 is 35.0 Å². The van der Waals surface area contributed by atoms with E-state index in [0.29, 0.717) is 15.9 Å². The van der Waals surface area contributed by atoms with E-state index in [4.69, 9.17) is 11.6 Å². The van der Waals surface area contributed by atoms with E-state index in [-0.39, 0.29) is 17.4 Å². The maximum absolute atomic E-state index is 12.4. The molecule has 33 heavy (non-hydrogen) atoms. The van der Waals surface area contributed by atoms with Crippen LogP contribution in [0, 0.1) is 0 Å². The van der Waals surface area contributed by atoms with Gasteiger partial charge in [0.15, 0.2) is 0 Å². The molecule has 1 aromatic heterocycles. The lowest BCUT2D eigenvalue weighted by Crippen LogP contribution is -2.34. The highest BCUT2D eigenvalue weighted by atomic mass is 35.5. The Morgan fingerprint density at radius 1 is 1.09 bits per heavy atom. The fourth-order valence-corrected chi connectivity index (χ4v) is 3.97. The van der Waals surface area contributed by atoms with E-state index >= 15 is 0 Å². The van der Waals surface area contributed by atoms with Gasteiger partial charge in [0.2, 0.25) is 0 Å². The van der Waals surface area contributed by atoms with Crippen molar-refractivity contribution in [3.8, 4) is 22.8 Å². The number of nitrogens with zero attached hydrogens (tertiary/aromatic N) is 3. The second-order valence-electron chi connectivity index (χ2n) is 7.08. The van der Waals surface area contributed by atoms with Gasteiger partial charge in [-0.3, -0.25) is 4.79 Å². The molecule has 1 heterocycles. The average Bonchev–Trinajstić information content (AvgIpc) is 3.26. The highest BCUT2D eigenvalue weighted by Crippen LogP contribution is 2.22. The molecule has 3 aromatic carbocycles. The number of amides is 1. The number of aromatic amines is 1. The summed E-state index contributed by atoms with van der Waals surface area (Å²) in [5, 5.41) is 24.2. The molecule has 0 radical (unpaired) electrons. The third-order valence-electron chi connectivity index (χ3n) is 4.76. The van der Waals surface area contributed by atoms with E-state index < -0.39 is 0 Å². The Bertz CT molecular complexity index is 1270. The van der Waals surface area contributed by atoms with Crippen LogP contribution in [-0.2, 0) is 4.79 Å². The normalized spacial score (nSPS) is 11.4. The molecule has 0 unspecified atom stereocenters. The van der Waals surface area contributed by atoms with Crippen LogP contribution in [0.3, 0.4) is 0 Å². The van der Waals surface area contributed by atoms with E-state index in [0.717, 1.165) is 22.6 Å². The summed E-state index contributed by atoms with van der Waals surface area (Å²) < 4.78 is 1.96. The molecular formula is C24H20ClN5O2S. The van der Waals surface area contributed by atoms with Crippen molar-refractivity contribution < 1.29 is 14.5 Å². The Balaban J connectivity index is 1.51. The van der Waals surface area contributed by atoms with Crippen molar-refractivity contribution in [2.75, 3.05) is 5.75 Å². The maximum Gasteiger partial charge on any atom is 0.342 e. The van der Waals surface area contributed by atoms with Gasteiger partial charge in [0.05, 0.1) is 22.1 Å². The van der Waals surface area contributed by atoms with Gasteiger partial charge in [0.1, 0.15) is 5.69 Å². The minimum absolute atomic E-state index is 0.0734. The first-order chi connectivity index (χ1) is 16.0. The first-order valence-corrected chi connectivity index (χ1v) is 11.4. The summed E-state index contributed by atoms with van der Waals surface area (Å²) >= 11 is 7.33. The molecule has 166 valence electrons. The van der Waals surface area contributed by atoms with Gasteiger partial charge in [-0.2, -0.15) is 9.67 Å². The first kappa shape index (κ1) is 22.6. The highest BCUT2D eigenvalue weighted by molar-refractivity contribution is 7.99. The van der Waals surface area contributed by atoms with Crippen LogP contribution in [0.5, 0.6) is 5.75 Å². The fraction of sp³-hybridized carbons (Fsp3) is 0.0833. The van der Waals surface area contributed by atoms with Gasteiger partial charge in [-0.25, -0.2) is 5.43 Å². The van der Waals surface area contributed by atoms with E-state index in [2.05, 4.69) is 20.7 Å². The fourth-order valence-electron chi connectivity index (χ4n) is 3.08. The molecule has 0 atom stereocenters. The van der Waals surface area contributed by atoms with Crippen molar-refractivity contribution in [3.05, 3.63) is 89.4 Å². The Morgan fingerprint density at radius 2 is 1.79 bits per heavy atom. The SMILES string of the molecule is CC(=NNC(=O)CSc1n[nH]c(-c2ccc(Cl)cc2)[n+]1-c1ccccc1)c1ccc([O-])cc1. The number of halogens is 1. The highest BCUT2D eigenvalue weighted by Gasteiger charge is 2.24. The lowest BCUT2D eigenvalue weighted by atomic mass is 10.1. The quantitative estimate of drug-likeness (QED) is 0.183. The number of H-pyrrole nitrogens is 1. The molecule has 0 aliphatic rings. The Kier molecular flexibility index (Phi) is 7.07. The zero-order chi connectivity index (χ0) is 23.2. The summed E-state index contributed by atoms with van der Waals surface area (Å²) in [5.41, 5.74) is 5.76. The Morgan fingerprint density at radius 3 is 2.48 bits per heavy atom. The molecule has 0 spiro atoms. The van der Waals surface area contributed by atoms with Crippen molar-refractivity contribution in [2.24, 2.45) is 5.10 Å². The molecule has 0 fully saturated rings. The van der Waals surface area contributed by atoms with Crippen LogP contribution >= 0.6 is 23.4 Å². The van der Waals surface area contributed by atoms with Gasteiger partial charge >= 0.3 is 5.16 Å². The summed E-state index contributed by atoms with van der Waals surface area (Å²) in [5.74, 6) is 0.552. The zero-order valence-corrected chi connectivity index (χ0v) is 19.2. The zero-order valence-electron chi connectivity index (χ0n) is 17.7. The van der Waals surface area contributed by atoms with Gasteiger partial charge in [-0.05, 0) is 60.6 Å². The standard InChI is InChI=1S/C24H20ClN5O2S/c1-16(17-9-13-21(31)14-10-17)26-27-22(32)15-33-24-29-28-23(18-7-11-19(25)12-8-18)30(24)20-5-3-2-4-6-20/h2-14H,15H2,1H3,(H2,26,27,31,32). The maximum atomic E-state index is 12.4. The Hall–Kier alpha value is -3.62. The monoisotopic (exact) mass is 477 g/mol. The summed E-state index contributed by atoms with van der Waals surface area (Å²) in [6.07, 6.45) is 0. The molecule has 0 aliphatic heterocycles. The second-order valence-corrected chi connectivity index (χ2v) is 8.46. The number of hydrazone groups is 1. The predicted molar refractivity (Wildman–Crippen MR) is 128 cm³/mol. The van der Waals surface area contributed by atoms with Gasteiger partial charge < -0.3 is 5.11 Å². The molecule has 0 saturated carbocycles. The van der Waals surface area contributed by atoms with Crippen molar-refractivity contribution in [1.29, 1.82) is 0 Å². The van der Waals surface area contributed by atoms with Crippen LogP contribution in [0.4, 0.5) is 0 Å². The van der Waals surface area contributed by atoms with Crippen molar-refractivity contribution in [2.45, 2.75) is 12.1 Å². The molecule has 4 aromatic rings. The molecule has 4 rings (SSSR count). The summed E-state index contributed by atoms with van der Waals surface area (Å²) in [4.78, 5) is 12.4. The smallest absolute Gasteiger partial charge is 0.342 e. The van der Waals surface area contributed by atoms with Gasteiger partial charge in [0, 0.05) is 5.02 Å². The van der Waals surface area contributed by atoms with E-state index in [1.165, 1.54) is 23.9 Å². The molecule has 2 N–H and O–H groups in total. The van der Waals surface area contributed by atoms with E-state index in [1.54, 1.807) is 19.1 Å².